The highest BCUT2D eigenvalue weighted by atomic mass is 19.1. The lowest BCUT2D eigenvalue weighted by molar-refractivity contribution is -0.137. The molecule has 2 aliphatic rings. The van der Waals surface area contributed by atoms with Gasteiger partial charge in [0.1, 0.15) is 11.6 Å². The number of hydrogen-bond donors (Lipinski definition) is 2. The summed E-state index contributed by atoms with van der Waals surface area (Å²) in [5.74, 6) is -0.0295. The van der Waals surface area contributed by atoms with Crippen molar-refractivity contribution in [1.82, 2.24) is 10.2 Å². The lowest BCUT2D eigenvalue weighted by Crippen LogP contribution is -2.57. The first-order chi connectivity index (χ1) is 17.1. The van der Waals surface area contributed by atoms with Crippen LogP contribution < -0.4 is 10.6 Å². The van der Waals surface area contributed by atoms with E-state index in [1.54, 1.807) is 18.2 Å². The molecule has 1 saturated carbocycles. The summed E-state index contributed by atoms with van der Waals surface area (Å²) in [5.41, 5.74) is 1.25. The van der Waals surface area contributed by atoms with E-state index in [9.17, 15) is 14.0 Å². The molecule has 2 fully saturated rings. The topological polar surface area (TPSA) is 85.2 Å². The Balaban J connectivity index is 1.61. The number of rotatable bonds is 5. The first-order valence-electron chi connectivity index (χ1n) is 12.2. The molecule has 0 spiro atoms. The van der Waals surface area contributed by atoms with Crippen LogP contribution in [0.1, 0.15) is 73.0 Å². The second kappa shape index (κ2) is 9.98. The van der Waals surface area contributed by atoms with Gasteiger partial charge in [-0.1, -0.05) is 51.1 Å². The molecule has 2 N–H and O–H groups in total. The molecular weight excluding hydrogens is 455 g/mol. The number of carbonyl (C=O) groups is 2. The molecule has 2 aromatic carbocycles. The number of amides is 2. The van der Waals surface area contributed by atoms with E-state index in [2.05, 4.69) is 30.7 Å². The van der Waals surface area contributed by atoms with Gasteiger partial charge >= 0.3 is 0 Å². The molecule has 1 aliphatic carbocycles. The highest BCUT2D eigenvalue weighted by Gasteiger charge is 2.42. The van der Waals surface area contributed by atoms with Crippen molar-refractivity contribution < 1.29 is 14.0 Å². The third kappa shape index (κ3) is 4.90. The fourth-order valence-electron chi connectivity index (χ4n) is 5.54. The van der Waals surface area contributed by atoms with Crippen molar-refractivity contribution in [2.75, 3.05) is 5.32 Å². The van der Waals surface area contributed by atoms with Crippen LogP contribution in [0.5, 0.6) is 0 Å². The third-order valence-electron chi connectivity index (χ3n) is 7.20. The van der Waals surface area contributed by atoms with Crippen molar-refractivity contribution in [2.45, 2.75) is 57.5 Å². The normalized spacial score (nSPS) is 24.0. The monoisotopic (exact) mass is 486 g/mol. The van der Waals surface area contributed by atoms with Gasteiger partial charge in [0.15, 0.2) is 0 Å². The van der Waals surface area contributed by atoms with Crippen LogP contribution in [-0.2, 0) is 10.3 Å². The van der Waals surface area contributed by atoms with Gasteiger partial charge in [0.25, 0.3) is 5.91 Å². The van der Waals surface area contributed by atoms with Crippen LogP contribution in [0.2, 0.25) is 0 Å². The predicted octanol–water partition coefficient (Wildman–Crippen LogP) is 5.68. The minimum Gasteiger partial charge on any atom is -0.362 e. The zero-order valence-corrected chi connectivity index (χ0v) is 20.7. The van der Waals surface area contributed by atoms with Gasteiger partial charge in [-0.25, -0.2) is 4.39 Å². The summed E-state index contributed by atoms with van der Waals surface area (Å²) in [6.07, 6.45) is 6.09. The molecule has 0 aromatic heterocycles. The molecule has 186 valence electrons. The Labute approximate surface area is 211 Å². The fourth-order valence-corrected chi connectivity index (χ4v) is 5.54. The summed E-state index contributed by atoms with van der Waals surface area (Å²) >= 11 is 0. The molecule has 2 amide bonds. The van der Waals surface area contributed by atoms with E-state index in [1.165, 1.54) is 12.5 Å². The maximum absolute atomic E-state index is 13.9. The largest absolute Gasteiger partial charge is 0.362 e. The predicted molar refractivity (Wildman–Crippen MR) is 138 cm³/mol. The van der Waals surface area contributed by atoms with Crippen LogP contribution in [0.3, 0.4) is 0 Å². The van der Waals surface area contributed by atoms with E-state index >= 15 is 0 Å². The minimum atomic E-state index is -0.762. The maximum atomic E-state index is 13.9. The van der Waals surface area contributed by atoms with Crippen LogP contribution in [0.4, 0.5) is 10.1 Å². The molecule has 6 nitrogen and oxygen atoms in total. The zero-order chi connectivity index (χ0) is 26.0. The quantitative estimate of drug-likeness (QED) is 0.569. The van der Waals surface area contributed by atoms with Gasteiger partial charge in [0, 0.05) is 22.9 Å². The lowest BCUT2D eigenvalue weighted by Gasteiger charge is -2.47. The van der Waals surface area contributed by atoms with Crippen molar-refractivity contribution >= 4 is 23.6 Å². The SMILES string of the molecule is C=Cc1c(NC(=O)c2cc(F)cc(C#N)c2)cccc1[C@]1(C)CC(=O)N([C@@H]2CCC[C@H](C)C2)C(=C)N1. The molecule has 3 atom stereocenters. The Morgan fingerprint density at radius 1 is 1.33 bits per heavy atom. The van der Waals surface area contributed by atoms with Gasteiger partial charge in [-0.05, 0) is 55.5 Å². The standard InChI is InChI=1S/C29H31FN4O2/c1-5-24-25(10-7-11-26(24)32-28(36)21-13-20(17-31)14-22(30)15-21)29(4)16-27(35)34(19(3)33-29)23-9-6-8-18(2)12-23/h5,7,10-11,13-15,18,23,33H,1,3,6,8-9,12,16H2,2,4H3,(H,32,36)/t18-,23+,29-/m0/s1. The van der Waals surface area contributed by atoms with Crippen LogP contribution in [0.25, 0.3) is 6.08 Å². The Hall–Kier alpha value is -3.92. The van der Waals surface area contributed by atoms with Crippen molar-refractivity contribution in [3.8, 4) is 6.07 Å². The Morgan fingerprint density at radius 2 is 2.11 bits per heavy atom. The van der Waals surface area contributed by atoms with Gasteiger partial charge in [-0.15, -0.1) is 0 Å². The molecule has 7 heteroatoms. The van der Waals surface area contributed by atoms with Crippen LogP contribution in [0.15, 0.2) is 55.4 Å². The molecule has 1 heterocycles. The molecular formula is C29H31FN4O2. The van der Waals surface area contributed by atoms with Crippen molar-refractivity contribution in [3.63, 3.8) is 0 Å². The van der Waals surface area contributed by atoms with E-state index < -0.39 is 17.3 Å². The summed E-state index contributed by atoms with van der Waals surface area (Å²) in [6.45, 7) is 12.3. The first kappa shape index (κ1) is 25.2. The first-order valence-corrected chi connectivity index (χ1v) is 12.2. The summed E-state index contributed by atoms with van der Waals surface area (Å²) in [4.78, 5) is 28.1. The van der Waals surface area contributed by atoms with Gasteiger partial charge in [-0.3, -0.25) is 14.5 Å². The lowest BCUT2D eigenvalue weighted by atomic mass is 9.81. The number of halogens is 1. The summed E-state index contributed by atoms with van der Waals surface area (Å²) in [6, 6.07) is 10.9. The van der Waals surface area contributed by atoms with Crippen molar-refractivity contribution in [3.05, 3.63) is 83.4 Å². The number of carbonyl (C=O) groups excluding carboxylic acids is 2. The second-order valence-corrected chi connectivity index (χ2v) is 10.0. The van der Waals surface area contributed by atoms with E-state index in [0.29, 0.717) is 23.0 Å². The molecule has 1 aliphatic heterocycles. The Bertz CT molecular complexity index is 1260. The average Bonchev–Trinajstić information content (AvgIpc) is 2.83. The van der Waals surface area contributed by atoms with Gasteiger partial charge in [-0.2, -0.15) is 5.26 Å². The zero-order valence-electron chi connectivity index (χ0n) is 20.7. The van der Waals surface area contributed by atoms with E-state index in [1.807, 2.05) is 24.0 Å². The molecule has 0 bridgehead atoms. The molecule has 2 aromatic rings. The third-order valence-corrected chi connectivity index (χ3v) is 7.20. The van der Waals surface area contributed by atoms with Crippen molar-refractivity contribution in [1.29, 1.82) is 5.26 Å². The minimum absolute atomic E-state index is 0.0218. The molecule has 0 radical (unpaired) electrons. The number of benzene rings is 2. The second-order valence-electron chi connectivity index (χ2n) is 10.0. The fraction of sp³-hybridized carbons (Fsp3) is 0.345. The Kier molecular flexibility index (Phi) is 6.98. The van der Waals surface area contributed by atoms with Crippen LogP contribution in [-0.4, -0.2) is 22.8 Å². The Morgan fingerprint density at radius 3 is 2.78 bits per heavy atom. The average molecular weight is 487 g/mol. The highest BCUT2D eigenvalue weighted by molar-refractivity contribution is 6.05. The maximum Gasteiger partial charge on any atom is 0.255 e. The highest BCUT2D eigenvalue weighted by Crippen LogP contribution is 2.39. The summed E-state index contributed by atoms with van der Waals surface area (Å²) in [7, 11) is 0. The molecule has 36 heavy (non-hydrogen) atoms. The van der Waals surface area contributed by atoms with Crippen LogP contribution >= 0.6 is 0 Å². The number of hydrogen-bond acceptors (Lipinski definition) is 4. The van der Waals surface area contributed by atoms with Crippen LogP contribution in [0, 0.1) is 23.1 Å². The van der Waals surface area contributed by atoms with E-state index in [4.69, 9.17) is 5.26 Å². The van der Waals surface area contributed by atoms with E-state index in [0.717, 1.165) is 37.0 Å². The molecule has 4 rings (SSSR count). The molecule has 1 saturated heterocycles. The van der Waals surface area contributed by atoms with Gasteiger partial charge in [0.2, 0.25) is 5.91 Å². The molecule has 0 unspecified atom stereocenters. The summed E-state index contributed by atoms with van der Waals surface area (Å²) in [5, 5.41) is 15.4. The van der Waals surface area contributed by atoms with E-state index in [-0.39, 0.29) is 29.5 Å². The smallest absolute Gasteiger partial charge is 0.255 e. The number of nitrogens with one attached hydrogen (secondary N) is 2. The number of nitrogens with zero attached hydrogens (tertiary/aromatic N) is 2. The van der Waals surface area contributed by atoms with Crippen molar-refractivity contribution in [2.24, 2.45) is 5.92 Å². The number of nitriles is 1. The summed E-state index contributed by atoms with van der Waals surface area (Å²) < 4.78 is 13.9. The van der Waals surface area contributed by atoms with Gasteiger partial charge < -0.3 is 10.6 Å². The van der Waals surface area contributed by atoms with Gasteiger partial charge in [0.05, 0.1) is 23.6 Å². The number of anilines is 1.